The standard InChI is InChI=1S/C24H36N4O5S/c1-18-15-19(2)23(20(3)16-18)34(31,32)28-6-4-5-21(28)24(30)27-9-7-26(8-10-27)22(29)17-25-11-13-33-14-12-25/h15-16,21H,4-14,17H2,1-3H3. The van der Waals surface area contributed by atoms with Crippen LogP contribution in [0.15, 0.2) is 17.0 Å². The molecule has 0 N–H and O–H groups in total. The predicted molar refractivity (Wildman–Crippen MR) is 128 cm³/mol. The molecule has 3 heterocycles. The smallest absolute Gasteiger partial charge is 0.244 e. The summed E-state index contributed by atoms with van der Waals surface area (Å²) in [6.07, 6.45) is 1.19. The van der Waals surface area contributed by atoms with Crippen molar-refractivity contribution < 1.29 is 22.7 Å². The van der Waals surface area contributed by atoms with Gasteiger partial charge in [-0.3, -0.25) is 14.5 Å². The van der Waals surface area contributed by atoms with Crippen molar-refractivity contribution >= 4 is 21.8 Å². The SMILES string of the molecule is Cc1cc(C)c(S(=O)(=O)N2CCCC2C(=O)N2CCN(C(=O)CN3CCOCC3)CC2)c(C)c1. The van der Waals surface area contributed by atoms with Crippen LogP contribution in [0.5, 0.6) is 0 Å². The Kier molecular flexibility index (Phi) is 7.61. The molecule has 0 bridgehead atoms. The fourth-order valence-corrected chi connectivity index (χ4v) is 7.47. The maximum atomic E-state index is 13.6. The zero-order chi connectivity index (χ0) is 24.5. The number of sulfonamides is 1. The van der Waals surface area contributed by atoms with Crippen molar-refractivity contribution in [3.63, 3.8) is 0 Å². The Labute approximate surface area is 202 Å². The first-order valence-corrected chi connectivity index (χ1v) is 13.6. The monoisotopic (exact) mass is 492 g/mol. The summed E-state index contributed by atoms with van der Waals surface area (Å²) < 4.78 is 33.9. The van der Waals surface area contributed by atoms with E-state index in [0.717, 1.165) is 18.7 Å². The molecule has 3 aliphatic heterocycles. The number of carbonyl (C=O) groups excluding carboxylic acids is 2. The summed E-state index contributed by atoms with van der Waals surface area (Å²) in [5.41, 5.74) is 2.44. The number of ether oxygens (including phenoxy) is 1. The summed E-state index contributed by atoms with van der Waals surface area (Å²) in [6, 6.07) is 3.07. The molecule has 3 fully saturated rings. The van der Waals surface area contributed by atoms with Crippen LogP contribution < -0.4 is 0 Å². The molecule has 1 atom stereocenters. The van der Waals surface area contributed by atoms with Crippen LogP contribution in [0.4, 0.5) is 0 Å². The first-order valence-electron chi connectivity index (χ1n) is 12.1. The quantitative estimate of drug-likeness (QED) is 0.603. The van der Waals surface area contributed by atoms with E-state index < -0.39 is 16.1 Å². The van der Waals surface area contributed by atoms with Gasteiger partial charge >= 0.3 is 0 Å². The van der Waals surface area contributed by atoms with E-state index in [4.69, 9.17) is 4.74 Å². The van der Waals surface area contributed by atoms with E-state index in [1.54, 1.807) is 9.80 Å². The lowest BCUT2D eigenvalue weighted by Crippen LogP contribution is -2.56. The van der Waals surface area contributed by atoms with Crippen molar-refractivity contribution in [3.05, 3.63) is 28.8 Å². The average Bonchev–Trinajstić information content (AvgIpc) is 3.29. The lowest BCUT2D eigenvalue weighted by molar-refractivity contribution is -0.142. The molecule has 4 rings (SSSR count). The van der Waals surface area contributed by atoms with Crippen molar-refractivity contribution in [3.8, 4) is 0 Å². The van der Waals surface area contributed by atoms with Crippen LogP contribution in [0.25, 0.3) is 0 Å². The Bertz CT molecular complexity index is 1010. The molecule has 0 saturated carbocycles. The number of carbonyl (C=O) groups is 2. The van der Waals surface area contributed by atoms with Gasteiger partial charge in [-0.2, -0.15) is 4.31 Å². The highest BCUT2D eigenvalue weighted by atomic mass is 32.2. The molecule has 0 radical (unpaired) electrons. The summed E-state index contributed by atoms with van der Waals surface area (Å²) >= 11 is 0. The normalized spacial score (nSPS) is 22.9. The van der Waals surface area contributed by atoms with E-state index >= 15 is 0 Å². The summed E-state index contributed by atoms with van der Waals surface area (Å²) in [7, 11) is -3.78. The van der Waals surface area contributed by atoms with E-state index in [1.807, 2.05) is 32.9 Å². The van der Waals surface area contributed by atoms with Gasteiger partial charge < -0.3 is 14.5 Å². The summed E-state index contributed by atoms with van der Waals surface area (Å²) in [5, 5.41) is 0. The van der Waals surface area contributed by atoms with Gasteiger partial charge in [0.25, 0.3) is 0 Å². The first kappa shape index (κ1) is 25.1. The Balaban J connectivity index is 1.40. The number of nitrogens with zero attached hydrogens (tertiary/aromatic N) is 4. The molecule has 0 aromatic heterocycles. The molecule has 34 heavy (non-hydrogen) atoms. The second kappa shape index (κ2) is 10.3. The molecule has 10 heteroatoms. The molecule has 3 saturated heterocycles. The molecule has 188 valence electrons. The molecule has 0 aliphatic carbocycles. The Morgan fingerprint density at radius 3 is 2.12 bits per heavy atom. The van der Waals surface area contributed by atoms with Gasteiger partial charge in [0.2, 0.25) is 21.8 Å². The summed E-state index contributed by atoms with van der Waals surface area (Å²) in [4.78, 5) is 32.0. The molecular weight excluding hydrogens is 456 g/mol. The maximum Gasteiger partial charge on any atom is 0.244 e. The van der Waals surface area contributed by atoms with Gasteiger partial charge in [0.1, 0.15) is 6.04 Å². The topological polar surface area (TPSA) is 90.5 Å². The second-order valence-electron chi connectivity index (χ2n) is 9.60. The molecular formula is C24H36N4O5S. The number of amides is 2. The summed E-state index contributed by atoms with van der Waals surface area (Å²) in [6.45, 7) is 10.9. The van der Waals surface area contributed by atoms with Gasteiger partial charge in [-0.15, -0.1) is 0 Å². The number of hydrogen-bond donors (Lipinski definition) is 0. The van der Waals surface area contributed by atoms with Gasteiger partial charge in [0, 0.05) is 45.8 Å². The number of hydrogen-bond acceptors (Lipinski definition) is 6. The third-order valence-corrected chi connectivity index (χ3v) is 9.28. The minimum absolute atomic E-state index is 0.0735. The van der Waals surface area contributed by atoms with E-state index in [-0.39, 0.29) is 11.8 Å². The van der Waals surface area contributed by atoms with Gasteiger partial charge in [0.05, 0.1) is 24.7 Å². The third kappa shape index (κ3) is 5.15. The van der Waals surface area contributed by atoms with E-state index in [0.29, 0.717) is 81.3 Å². The zero-order valence-electron chi connectivity index (χ0n) is 20.5. The number of benzene rings is 1. The van der Waals surface area contributed by atoms with E-state index in [2.05, 4.69) is 4.90 Å². The van der Waals surface area contributed by atoms with Crippen LogP contribution in [-0.4, -0.2) is 111 Å². The van der Waals surface area contributed by atoms with Crippen LogP contribution in [-0.2, 0) is 24.3 Å². The van der Waals surface area contributed by atoms with Crippen LogP contribution in [0, 0.1) is 20.8 Å². The molecule has 1 aromatic rings. The highest BCUT2D eigenvalue weighted by molar-refractivity contribution is 7.89. The van der Waals surface area contributed by atoms with Gasteiger partial charge in [0.15, 0.2) is 0 Å². The second-order valence-corrected chi connectivity index (χ2v) is 11.4. The third-order valence-electron chi connectivity index (χ3n) is 7.07. The number of aryl methyl sites for hydroxylation is 3. The van der Waals surface area contributed by atoms with Crippen molar-refractivity contribution in [1.82, 2.24) is 19.0 Å². The minimum atomic E-state index is -3.78. The predicted octanol–water partition coefficient (Wildman–Crippen LogP) is 0.768. The molecule has 9 nitrogen and oxygen atoms in total. The van der Waals surface area contributed by atoms with E-state index in [9.17, 15) is 18.0 Å². The van der Waals surface area contributed by atoms with Gasteiger partial charge in [-0.05, 0) is 44.7 Å². The van der Waals surface area contributed by atoms with Gasteiger partial charge in [-0.25, -0.2) is 8.42 Å². The van der Waals surface area contributed by atoms with E-state index in [1.165, 1.54) is 4.31 Å². The van der Waals surface area contributed by atoms with Gasteiger partial charge in [-0.1, -0.05) is 17.7 Å². The molecule has 2 amide bonds. The first-order chi connectivity index (χ1) is 16.2. The number of piperazine rings is 1. The van der Waals surface area contributed by atoms with Crippen LogP contribution in [0.3, 0.4) is 0 Å². The zero-order valence-corrected chi connectivity index (χ0v) is 21.3. The Hall–Kier alpha value is -2.01. The van der Waals surface area contributed by atoms with Crippen molar-refractivity contribution in [1.29, 1.82) is 0 Å². The van der Waals surface area contributed by atoms with Crippen molar-refractivity contribution in [2.75, 3.05) is 65.6 Å². The highest BCUT2D eigenvalue weighted by Crippen LogP contribution is 2.31. The maximum absolute atomic E-state index is 13.6. The Morgan fingerprint density at radius 2 is 1.50 bits per heavy atom. The molecule has 3 aliphatic rings. The largest absolute Gasteiger partial charge is 0.379 e. The minimum Gasteiger partial charge on any atom is -0.379 e. The fourth-order valence-electron chi connectivity index (χ4n) is 5.40. The summed E-state index contributed by atoms with van der Waals surface area (Å²) in [5.74, 6) is -0.0758. The van der Waals surface area contributed by atoms with Crippen LogP contribution in [0.1, 0.15) is 29.5 Å². The van der Waals surface area contributed by atoms with Crippen LogP contribution in [0.2, 0.25) is 0 Å². The van der Waals surface area contributed by atoms with Crippen molar-refractivity contribution in [2.45, 2.75) is 44.6 Å². The lowest BCUT2D eigenvalue weighted by atomic mass is 10.1. The highest BCUT2D eigenvalue weighted by Gasteiger charge is 2.42. The molecule has 1 unspecified atom stereocenters. The Morgan fingerprint density at radius 1 is 0.912 bits per heavy atom. The lowest BCUT2D eigenvalue weighted by Gasteiger charge is -2.38. The number of rotatable bonds is 5. The molecule has 0 spiro atoms. The fraction of sp³-hybridized carbons (Fsp3) is 0.667. The van der Waals surface area contributed by atoms with Crippen LogP contribution >= 0.6 is 0 Å². The average molecular weight is 493 g/mol. The molecule has 1 aromatic carbocycles. The number of morpholine rings is 1. The van der Waals surface area contributed by atoms with Crippen molar-refractivity contribution in [2.24, 2.45) is 0 Å².